The molecule has 0 aliphatic heterocycles. The maximum absolute atomic E-state index is 13.1. The summed E-state index contributed by atoms with van der Waals surface area (Å²) >= 11 is 3.28. The average molecular weight is 256 g/mol. The molecule has 0 saturated heterocycles. The summed E-state index contributed by atoms with van der Waals surface area (Å²) in [6, 6.07) is 4.55. The molecular formula is C10H7BrFNO. The first-order valence-electron chi connectivity index (χ1n) is 3.99. The van der Waals surface area contributed by atoms with Gasteiger partial charge in [-0.05, 0) is 28.1 Å². The van der Waals surface area contributed by atoms with E-state index < -0.39 is 0 Å². The van der Waals surface area contributed by atoms with Crippen LogP contribution in [0.5, 0.6) is 5.75 Å². The summed E-state index contributed by atoms with van der Waals surface area (Å²) in [6.07, 6.45) is 1.66. The lowest BCUT2D eigenvalue weighted by atomic mass is 10.2. The van der Waals surface area contributed by atoms with E-state index in [9.17, 15) is 4.39 Å². The van der Waals surface area contributed by atoms with Crippen LogP contribution in [0.25, 0.3) is 10.9 Å². The van der Waals surface area contributed by atoms with E-state index in [0.29, 0.717) is 11.3 Å². The molecule has 2 aromatic rings. The van der Waals surface area contributed by atoms with Crippen LogP contribution >= 0.6 is 15.9 Å². The lowest BCUT2D eigenvalue weighted by Crippen LogP contribution is -1.89. The Kier molecular flexibility index (Phi) is 2.37. The fourth-order valence-electron chi connectivity index (χ4n) is 1.31. The van der Waals surface area contributed by atoms with Crippen molar-refractivity contribution in [2.24, 2.45) is 0 Å². The second-order valence-electron chi connectivity index (χ2n) is 2.83. The van der Waals surface area contributed by atoms with E-state index >= 15 is 0 Å². The zero-order valence-electron chi connectivity index (χ0n) is 7.42. The number of nitrogens with zero attached hydrogens (tertiary/aromatic N) is 1. The Morgan fingerprint density at radius 2 is 2.14 bits per heavy atom. The highest BCUT2D eigenvalue weighted by Crippen LogP contribution is 2.26. The fourth-order valence-corrected chi connectivity index (χ4v) is 1.66. The summed E-state index contributed by atoms with van der Waals surface area (Å²) in [7, 11) is 1.50. The van der Waals surface area contributed by atoms with Gasteiger partial charge in [0.15, 0.2) is 0 Å². The van der Waals surface area contributed by atoms with E-state index in [-0.39, 0.29) is 5.82 Å². The summed E-state index contributed by atoms with van der Waals surface area (Å²) in [6.45, 7) is 0. The van der Waals surface area contributed by atoms with Gasteiger partial charge < -0.3 is 4.74 Å². The first-order valence-corrected chi connectivity index (χ1v) is 4.79. The molecule has 0 spiro atoms. The van der Waals surface area contributed by atoms with Crippen LogP contribution < -0.4 is 4.74 Å². The fraction of sp³-hybridized carbons (Fsp3) is 0.100. The van der Waals surface area contributed by atoms with Crippen molar-refractivity contribution in [1.29, 1.82) is 0 Å². The standard InChI is InChI=1S/C10H7BrFNO/c1-14-9-4-8(12)3-6-2-7(11)5-13-10(6)9/h2-5H,1H3. The molecule has 1 heterocycles. The second kappa shape index (κ2) is 3.53. The molecule has 0 aliphatic rings. The van der Waals surface area contributed by atoms with Crippen molar-refractivity contribution in [3.05, 3.63) is 34.7 Å². The van der Waals surface area contributed by atoms with E-state index in [1.165, 1.54) is 19.2 Å². The quantitative estimate of drug-likeness (QED) is 0.781. The number of rotatable bonds is 1. The topological polar surface area (TPSA) is 22.1 Å². The molecule has 4 heteroatoms. The van der Waals surface area contributed by atoms with Crippen LogP contribution in [-0.2, 0) is 0 Å². The number of methoxy groups -OCH3 is 1. The number of pyridine rings is 1. The highest BCUT2D eigenvalue weighted by molar-refractivity contribution is 9.10. The Labute approximate surface area is 88.8 Å². The maximum Gasteiger partial charge on any atom is 0.147 e. The lowest BCUT2D eigenvalue weighted by Gasteiger charge is -2.04. The number of benzene rings is 1. The van der Waals surface area contributed by atoms with Crippen LogP contribution in [0.2, 0.25) is 0 Å². The third kappa shape index (κ3) is 1.57. The first-order chi connectivity index (χ1) is 6.70. The van der Waals surface area contributed by atoms with Crippen LogP contribution in [0.4, 0.5) is 4.39 Å². The van der Waals surface area contributed by atoms with Crippen LogP contribution in [-0.4, -0.2) is 12.1 Å². The molecular weight excluding hydrogens is 249 g/mol. The largest absolute Gasteiger partial charge is 0.494 e. The maximum atomic E-state index is 13.1. The number of aromatic nitrogens is 1. The Hall–Kier alpha value is -1.16. The van der Waals surface area contributed by atoms with Crippen LogP contribution in [0.15, 0.2) is 28.9 Å². The molecule has 2 rings (SSSR count). The minimum Gasteiger partial charge on any atom is -0.494 e. The third-order valence-corrected chi connectivity index (χ3v) is 2.33. The van der Waals surface area contributed by atoms with Gasteiger partial charge in [0, 0.05) is 22.1 Å². The lowest BCUT2D eigenvalue weighted by molar-refractivity contribution is 0.415. The predicted octanol–water partition coefficient (Wildman–Crippen LogP) is 3.15. The molecule has 0 saturated carbocycles. The van der Waals surface area contributed by atoms with E-state index in [2.05, 4.69) is 20.9 Å². The van der Waals surface area contributed by atoms with Gasteiger partial charge in [0.2, 0.25) is 0 Å². The summed E-state index contributed by atoms with van der Waals surface area (Å²) < 4.78 is 18.9. The molecule has 1 aromatic heterocycles. The van der Waals surface area contributed by atoms with Crippen LogP contribution in [0.3, 0.4) is 0 Å². The molecule has 2 nitrogen and oxygen atoms in total. The summed E-state index contributed by atoms with van der Waals surface area (Å²) in [5.41, 5.74) is 0.664. The van der Waals surface area contributed by atoms with Crippen molar-refractivity contribution in [3.63, 3.8) is 0 Å². The van der Waals surface area contributed by atoms with Gasteiger partial charge in [-0.1, -0.05) is 0 Å². The molecule has 14 heavy (non-hydrogen) atoms. The molecule has 0 bridgehead atoms. The molecule has 0 unspecified atom stereocenters. The highest BCUT2D eigenvalue weighted by Gasteiger charge is 2.05. The number of halogens is 2. The molecule has 0 N–H and O–H groups in total. The zero-order chi connectivity index (χ0) is 10.1. The van der Waals surface area contributed by atoms with Gasteiger partial charge in [0.05, 0.1) is 7.11 Å². The SMILES string of the molecule is COc1cc(F)cc2cc(Br)cnc12. The molecule has 0 fully saturated rings. The summed E-state index contributed by atoms with van der Waals surface area (Å²) in [5.74, 6) is 0.127. The number of hydrogen-bond donors (Lipinski definition) is 0. The zero-order valence-corrected chi connectivity index (χ0v) is 9.01. The molecule has 72 valence electrons. The molecule has 0 amide bonds. The van der Waals surface area contributed by atoms with Crippen molar-refractivity contribution in [3.8, 4) is 5.75 Å². The molecule has 0 aliphatic carbocycles. The second-order valence-corrected chi connectivity index (χ2v) is 3.75. The summed E-state index contributed by atoms with van der Waals surface area (Å²) in [5, 5.41) is 0.719. The smallest absolute Gasteiger partial charge is 0.147 e. The molecule has 1 aromatic carbocycles. The van der Waals surface area contributed by atoms with Gasteiger partial charge in [-0.15, -0.1) is 0 Å². The average Bonchev–Trinajstić information content (AvgIpc) is 2.15. The van der Waals surface area contributed by atoms with Gasteiger partial charge in [-0.3, -0.25) is 4.98 Å². The normalized spacial score (nSPS) is 10.5. The van der Waals surface area contributed by atoms with Gasteiger partial charge in [-0.25, -0.2) is 4.39 Å². The predicted molar refractivity (Wildman–Crippen MR) is 56.0 cm³/mol. The van der Waals surface area contributed by atoms with Gasteiger partial charge >= 0.3 is 0 Å². The number of ether oxygens (including phenoxy) is 1. The van der Waals surface area contributed by atoms with E-state index in [0.717, 1.165) is 9.86 Å². The highest BCUT2D eigenvalue weighted by atomic mass is 79.9. The Morgan fingerprint density at radius 3 is 2.86 bits per heavy atom. The van der Waals surface area contributed by atoms with Gasteiger partial charge in [-0.2, -0.15) is 0 Å². The van der Waals surface area contributed by atoms with Crippen molar-refractivity contribution < 1.29 is 9.13 Å². The Morgan fingerprint density at radius 1 is 1.36 bits per heavy atom. The van der Waals surface area contributed by atoms with Crippen LogP contribution in [0, 0.1) is 5.82 Å². The third-order valence-electron chi connectivity index (χ3n) is 1.90. The van der Waals surface area contributed by atoms with E-state index in [4.69, 9.17) is 4.74 Å². The van der Waals surface area contributed by atoms with Crippen molar-refractivity contribution >= 4 is 26.8 Å². The Balaban J connectivity index is 2.81. The first kappa shape index (κ1) is 9.40. The van der Waals surface area contributed by atoms with E-state index in [1.807, 2.05) is 0 Å². The van der Waals surface area contributed by atoms with Crippen molar-refractivity contribution in [2.45, 2.75) is 0 Å². The van der Waals surface area contributed by atoms with Crippen molar-refractivity contribution in [1.82, 2.24) is 4.98 Å². The molecule has 0 radical (unpaired) electrons. The van der Waals surface area contributed by atoms with Crippen LogP contribution in [0.1, 0.15) is 0 Å². The summed E-state index contributed by atoms with van der Waals surface area (Å²) in [4.78, 5) is 4.15. The molecule has 0 atom stereocenters. The van der Waals surface area contributed by atoms with Gasteiger partial charge in [0.1, 0.15) is 17.1 Å². The minimum atomic E-state index is -0.325. The van der Waals surface area contributed by atoms with Gasteiger partial charge in [0.25, 0.3) is 0 Å². The Bertz CT molecular complexity index is 482. The monoisotopic (exact) mass is 255 g/mol. The number of fused-ring (bicyclic) bond motifs is 1. The van der Waals surface area contributed by atoms with E-state index in [1.54, 1.807) is 12.3 Å². The number of hydrogen-bond acceptors (Lipinski definition) is 2. The van der Waals surface area contributed by atoms with Crippen molar-refractivity contribution in [2.75, 3.05) is 7.11 Å². The minimum absolute atomic E-state index is 0.325.